The molecular formula is C15H22N2O. The number of piperidine rings is 1. The molecule has 1 amide bonds. The molecule has 98 valence electrons. The van der Waals surface area contributed by atoms with Crippen molar-refractivity contribution in [1.29, 1.82) is 0 Å². The van der Waals surface area contributed by atoms with Crippen LogP contribution in [0, 0.1) is 13.8 Å². The number of benzene rings is 1. The first-order valence-electron chi connectivity index (χ1n) is 6.79. The number of nitrogens with one attached hydrogen (secondary N) is 1. The lowest BCUT2D eigenvalue weighted by molar-refractivity contribution is -0.119. The highest BCUT2D eigenvalue weighted by molar-refractivity contribution is 5.95. The zero-order chi connectivity index (χ0) is 13.1. The molecule has 1 fully saturated rings. The second-order valence-corrected chi connectivity index (χ2v) is 4.99. The predicted octanol–water partition coefficient (Wildman–Crippen LogP) is 3.25. The number of aryl methyl sites for hydroxylation is 2. The highest BCUT2D eigenvalue weighted by Crippen LogP contribution is 2.29. The van der Waals surface area contributed by atoms with Gasteiger partial charge in [-0.3, -0.25) is 4.79 Å². The molecule has 0 aliphatic carbocycles. The molecule has 18 heavy (non-hydrogen) atoms. The van der Waals surface area contributed by atoms with Gasteiger partial charge in [0.2, 0.25) is 5.91 Å². The second-order valence-electron chi connectivity index (χ2n) is 4.99. The van der Waals surface area contributed by atoms with Crippen LogP contribution in [0.25, 0.3) is 0 Å². The van der Waals surface area contributed by atoms with Crippen LogP contribution in [0.5, 0.6) is 0 Å². The molecule has 0 atom stereocenters. The Morgan fingerprint density at radius 3 is 2.67 bits per heavy atom. The van der Waals surface area contributed by atoms with E-state index in [9.17, 15) is 4.79 Å². The van der Waals surface area contributed by atoms with Crippen LogP contribution in [0.1, 0.15) is 37.3 Å². The minimum absolute atomic E-state index is 0.264. The summed E-state index contributed by atoms with van der Waals surface area (Å²) in [5.74, 6) is 0.264. The third-order valence-electron chi connectivity index (χ3n) is 3.52. The zero-order valence-corrected chi connectivity index (χ0v) is 11.5. The number of nitrogens with zero attached hydrogens (tertiary/aromatic N) is 1. The predicted molar refractivity (Wildman–Crippen MR) is 76.3 cm³/mol. The van der Waals surface area contributed by atoms with Crippen LogP contribution in [-0.2, 0) is 4.79 Å². The molecule has 0 saturated carbocycles. The first-order chi connectivity index (χ1) is 8.63. The maximum atomic E-state index is 12.0. The Labute approximate surface area is 109 Å². The van der Waals surface area contributed by atoms with E-state index in [1.54, 1.807) is 0 Å². The van der Waals surface area contributed by atoms with Crippen molar-refractivity contribution in [2.75, 3.05) is 23.3 Å². The van der Waals surface area contributed by atoms with Crippen molar-refractivity contribution in [3.63, 3.8) is 0 Å². The summed E-state index contributed by atoms with van der Waals surface area (Å²) in [5.41, 5.74) is 4.63. The van der Waals surface area contributed by atoms with Gasteiger partial charge in [-0.15, -0.1) is 0 Å². The van der Waals surface area contributed by atoms with E-state index >= 15 is 0 Å². The quantitative estimate of drug-likeness (QED) is 0.888. The van der Waals surface area contributed by atoms with Gasteiger partial charge in [0.05, 0.1) is 0 Å². The average Bonchev–Trinajstić information content (AvgIpc) is 2.35. The summed E-state index contributed by atoms with van der Waals surface area (Å²) in [7, 11) is 0. The smallest absolute Gasteiger partial charge is 0.226 e. The number of carbonyl (C=O) groups excluding carboxylic acids is 1. The van der Waals surface area contributed by atoms with Crippen LogP contribution in [0.4, 0.5) is 11.4 Å². The van der Waals surface area contributed by atoms with Gasteiger partial charge in [-0.25, -0.2) is 0 Å². The van der Waals surface area contributed by atoms with E-state index in [4.69, 9.17) is 0 Å². The zero-order valence-electron chi connectivity index (χ0n) is 11.5. The molecule has 3 heteroatoms. The highest BCUT2D eigenvalue weighted by atomic mass is 16.2. The molecule has 0 bridgehead atoms. The van der Waals surface area contributed by atoms with Crippen molar-refractivity contribution in [1.82, 2.24) is 0 Å². The Bertz CT molecular complexity index is 454. The molecule has 1 aromatic carbocycles. The molecule has 2 rings (SSSR count). The highest BCUT2D eigenvalue weighted by Gasteiger charge is 2.21. The maximum Gasteiger partial charge on any atom is 0.226 e. The fourth-order valence-electron chi connectivity index (χ4n) is 2.53. The van der Waals surface area contributed by atoms with E-state index in [2.05, 4.69) is 38.2 Å². The fraction of sp³-hybridized carbons (Fsp3) is 0.533. The number of amides is 1. The SMILES string of the molecule is CCNc1cc(C)c(N2CCCCC2=O)cc1C. The Morgan fingerprint density at radius 1 is 1.22 bits per heavy atom. The van der Waals surface area contributed by atoms with Crippen LogP contribution in [0.2, 0.25) is 0 Å². The average molecular weight is 246 g/mol. The number of hydrogen-bond acceptors (Lipinski definition) is 2. The van der Waals surface area contributed by atoms with Crippen molar-refractivity contribution >= 4 is 17.3 Å². The number of anilines is 2. The number of hydrogen-bond donors (Lipinski definition) is 1. The molecule has 1 aliphatic rings. The Kier molecular flexibility index (Phi) is 3.90. The van der Waals surface area contributed by atoms with Gasteiger partial charge in [-0.05, 0) is 56.9 Å². The molecule has 0 unspecified atom stereocenters. The van der Waals surface area contributed by atoms with E-state index in [1.807, 2.05) is 4.90 Å². The van der Waals surface area contributed by atoms with E-state index in [-0.39, 0.29) is 5.91 Å². The first kappa shape index (κ1) is 12.9. The summed E-state index contributed by atoms with van der Waals surface area (Å²) < 4.78 is 0. The van der Waals surface area contributed by atoms with Crippen molar-refractivity contribution in [3.8, 4) is 0 Å². The minimum Gasteiger partial charge on any atom is -0.385 e. The van der Waals surface area contributed by atoms with Gasteiger partial charge in [0.25, 0.3) is 0 Å². The van der Waals surface area contributed by atoms with Crippen molar-refractivity contribution in [3.05, 3.63) is 23.3 Å². The van der Waals surface area contributed by atoms with Crippen LogP contribution in [0.15, 0.2) is 12.1 Å². The number of carbonyl (C=O) groups is 1. The van der Waals surface area contributed by atoms with Crippen LogP contribution >= 0.6 is 0 Å². The Hall–Kier alpha value is -1.51. The molecule has 1 aromatic rings. The van der Waals surface area contributed by atoms with Gasteiger partial charge in [-0.1, -0.05) is 0 Å². The van der Waals surface area contributed by atoms with Gasteiger partial charge < -0.3 is 10.2 Å². The van der Waals surface area contributed by atoms with Gasteiger partial charge >= 0.3 is 0 Å². The lowest BCUT2D eigenvalue weighted by Crippen LogP contribution is -2.35. The standard InChI is InChI=1S/C15H22N2O/c1-4-16-13-9-12(3)14(10-11(13)2)17-8-6-5-7-15(17)18/h9-10,16H,4-8H2,1-3H3. The molecule has 1 saturated heterocycles. The monoisotopic (exact) mass is 246 g/mol. The molecule has 1 N–H and O–H groups in total. The molecule has 0 spiro atoms. The van der Waals surface area contributed by atoms with Gasteiger partial charge in [0, 0.05) is 30.9 Å². The van der Waals surface area contributed by atoms with Crippen molar-refractivity contribution in [2.45, 2.75) is 40.0 Å². The molecule has 1 heterocycles. The Morgan fingerprint density at radius 2 is 2.00 bits per heavy atom. The van der Waals surface area contributed by atoms with Crippen LogP contribution in [0.3, 0.4) is 0 Å². The molecule has 0 radical (unpaired) electrons. The minimum atomic E-state index is 0.264. The van der Waals surface area contributed by atoms with E-state index in [0.29, 0.717) is 6.42 Å². The third kappa shape index (κ3) is 2.50. The van der Waals surface area contributed by atoms with E-state index < -0.39 is 0 Å². The Balaban J connectivity index is 2.33. The lowest BCUT2D eigenvalue weighted by atomic mass is 10.0. The summed E-state index contributed by atoms with van der Waals surface area (Å²) in [5, 5.41) is 3.35. The molecule has 1 aliphatic heterocycles. The second kappa shape index (κ2) is 5.42. The summed E-state index contributed by atoms with van der Waals surface area (Å²) in [4.78, 5) is 13.9. The topological polar surface area (TPSA) is 32.3 Å². The van der Waals surface area contributed by atoms with E-state index in [0.717, 1.165) is 31.6 Å². The largest absolute Gasteiger partial charge is 0.385 e. The van der Waals surface area contributed by atoms with Crippen LogP contribution in [-0.4, -0.2) is 19.0 Å². The van der Waals surface area contributed by atoms with Crippen LogP contribution < -0.4 is 10.2 Å². The molecule has 3 nitrogen and oxygen atoms in total. The van der Waals surface area contributed by atoms with Gasteiger partial charge in [0.1, 0.15) is 0 Å². The fourth-order valence-corrected chi connectivity index (χ4v) is 2.53. The summed E-state index contributed by atoms with van der Waals surface area (Å²) in [6.07, 6.45) is 2.83. The van der Waals surface area contributed by atoms with Gasteiger partial charge in [-0.2, -0.15) is 0 Å². The summed E-state index contributed by atoms with van der Waals surface area (Å²) >= 11 is 0. The lowest BCUT2D eigenvalue weighted by Gasteiger charge is -2.29. The first-order valence-corrected chi connectivity index (χ1v) is 6.79. The van der Waals surface area contributed by atoms with E-state index in [1.165, 1.54) is 16.8 Å². The van der Waals surface area contributed by atoms with Crippen molar-refractivity contribution in [2.24, 2.45) is 0 Å². The normalized spacial score (nSPS) is 15.9. The van der Waals surface area contributed by atoms with Gasteiger partial charge in [0.15, 0.2) is 0 Å². The third-order valence-corrected chi connectivity index (χ3v) is 3.52. The summed E-state index contributed by atoms with van der Waals surface area (Å²) in [6.45, 7) is 8.05. The summed E-state index contributed by atoms with van der Waals surface area (Å²) in [6, 6.07) is 4.28. The maximum absolute atomic E-state index is 12.0. The molecular weight excluding hydrogens is 224 g/mol. The van der Waals surface area contributed by atoms with Crippen molar-refractivity contribution < 1.29 is 4.79 Å². The number of rotatable bonds is 3. The molecule has 0 aromatic heterocycles.